The van der Waals surface area contributed by atoms with Crippen molar-refractivity contribution in [2.45, 2.75) is 25.8 Å². The third kappa shape index (κ3) is 1.82. The minimum atomic E-state index is 0.139. The van der Waals surface area contributed by atoms with Crippen LogP contribution in [0.5, 0.6) is 0 Å². The van der Waals surface area contributed by atoms with Crippen molar-refractivity contribution in [3.8, 4) is 0 Å². The van der Waals surface area contributed by atoms with E-state index in [0.29, 0.717) is 29.8 Å². The number of hydrogen-bond donors (Lipinski definition) is 1. The van der Waals surface area contributed by atoms with Crippen LogP contribution < -0.4 is 5.32 Å². The number of likely N-dealkylation sites (tertiary alicyclic amines) is 1. The van der Waals surface area contributed by atoms with E-state index >= 15 is 0 Å². The van der Waals surface area contributed by atoms with Gasteiger partial charge in [-0.15, -0.1) is 0 Å². The van der Waals surface area contributed by atoms with Crippen molar-refractivity contribution in [3.05, 3.63) is 11.4 Å². The van der Waals surface area contributed by atoms with E-state index in [-0.39, 0.29) is 5.91 Å². The third-order valence-electron chi connectivity index (χ3n) is 3.83. The lowest BCUT2D eigenvalue weighted by Crippen LogP contribution is -2.40. The lowest BCUT2D eigenvalue weighted by molar-refractivity contribution is -0.131. The number of aryl methyl sites for hydroxylation is 1. The Morgan fingerprint density at radius 3 is 3.18 bits per heavy atom. The average Bonchev–Trinajstić information content (AvgIpc) is 2.94. The molecule has 17 heavy (non-hydrogen) atoms. The monoisotopic (exact) mass is 236 g/mol. The topological polar surface area (TPSA) is 71.3 Å². The Labute approximate surface area is 99.3 Å². The molecule has 2 aliphatic heterocycles. The molecule has 0 spiro atoms. The lowest BCUT2D eigenvalue weighted by atomic mass is 10.1. The summed E-state index contributed by atoms with van der Waals surface area (Å²) in [5, 5.41) is 10.8. The Balaban J connectivity index is 1.69. The van der Waals surface area contributed by atoms with Crippen molar-refractivity contribution in [1.29, 1.82) is 0 Å². The molecule has 2 fully saturated rings. The summed E-state index contributed by atoms with van der Waals surface area (Å²) < 4.78 is 4.61. The standard InChI is InChI=1S/C11H16N4O2/c1-7-9(14-17-13-7)4-11(16)15-3-2-8-5-12-6-10(8)15/h8,10,12H,2-6H2,1H3/t8-,10+/m1/s1. The van der Waals surface area contributed by atoms with Gasteiger partial charge in [-0.05, 0) is 19.3 Å². The average molecular weight is 236 g/mol. The first-order chi connectivity index (χ1) is 8.25. The molecule has 0 bridgehead atoms. The van der Waals surface area contributed by atoms with Gasteiger partial charge in [0, 0.05) is 25.7 Å². The van der Waals surface area contributed by atoms with Crippen molar-refractivity contribution in [2.75, 3.05) is 19.6 Å². The summed E-state index contributed by atoms with van der Waals surface area (Å²) in [4.78, 5) is 14.2. The van der Waals surface area contributed by atoms with E-state index in [1.807, 2.05) is 11.8 Å². The van der Waals surface area contributed by atoms with Crippen LogP contribution in [0.4, 0.5) is 0 Å². The number of fused-ring (bicyclic) bond motifs is 1. The van der Waals surface area contributed by atoms with Gasteiger partial charge >= 0.3 is 0 Å². The van der Waals surface area contributed by atoms with Crippen molar-refractivity contribution in [3.63, 3.8) is 0 Å². The Morgan fingerprint density at radius 2 is 2.41 bits per heavy atom. The zero-order valence-electron chi connectivity index (χ0n) is 9.85. The summed E-state index contributed by atoms with van der Waals surface area (Å²) in [6.45, 7) is 4.65. The molecule has 6 heteroatoms. The second-order valence-corrected chi connectivity index (χ2v) is 4.83. The predicted molar refractivity (Wildman–Crippen MR) is 59.2 cm³/mol. The minimum absolute atomic E-state index is 0.139. The van der Waals surface area contributed by atoms with Crippen LogP contribution in [-0.4, -0.2) is 46.8 Å². The number of hydrogen-bond acceptors (Lipinski definition) is 5. The highest BCUT2D eigenvalue weighted by Crippen LogP contribution is 2.27. The number of nitrogens with one attached hydrogen (secondary N) is 1. The van der Waals surface area contributed by atoms with Crippen LogP contribution in [0.1, 0.15) is 17.8 Å². The van der Waals surface area contributed by atoms with Crippen LogP contribution >= 0.6 is 0 Å². The Morgan fingerprint density at radius 1 is 1.53 bits per heavy atom. The van der Waals surface area contributed by atoms with Gasteiger partial charge in [0.05, 0.1) is 6.42 Å². The summed E-state index contributed by atoms with van der Waals surface area (Å²) in [5.74, 6) is 0.774. The van der Waals surface area contributed by atoms with E-state index in [4.69, 9.17) is 0 Å². The number of carbonyl (C=O) groups excluding carboxylic acids is 1. The number of aromatic nitrogens is 2. The fourth-order valence-corrected chi connectivity index (χ4v) is 2.81. The molecular weight excluding hydrogens is 220 g/mol. The van der Waals surface area contributed by atoms with Gasteiger partial charge in [0.15, 0.2) is 0 Å². The normalized spacial score (nSPS) is 27.5. The van der Waals surface area contributed by atoms with Crippen molar-refractivity contribution in [1.82, 2.24) is 20.5 Å². The molecule has 2 atom stereocenters. The maximum absolute atomic E-state index is 12.2. The maximum Gasteiger partial charge on any atom is 0.229 e. The van der Waals surface area contributed by atoms with E-state index in [9.17, 15) is 4.79 Å². The smallest absolute Gasteiger partial charge is 0.229 e. The summed E-state index contributed by atoms with van der Waals surface area (Å²) >= 11 is 0. The molecule has 92 valence electrons. The molecule has 6 nitrogen and oxygen atoms in total. The second-order valence-electron chi connectivity index (χ2n) is 4.83. The summed E-state index contributed by atoms with van der Waals surface area (Å²) in [6, 6.07) is 0.377. The van der Waals surface area contributed by atoms with E-state index in [0.717, 1.165) is 26.1 Å². The van der Waals surface area contributed by atoms with Crippen LogP contribution in [-0.2, 0) is 11.2 Å². The van der Waals surface area contributed by atoms with Gasteiger partial charge in [0.1, 0.15) is 11.4 Å². The molecule has 1 aromatic rings. The van der Waals surface area contributed by atoms with Gasteiger partial charge < -0.3 is 10.2 Å². The van der Waals surface area contributed by atoms with E-state index in [1.54, 1.807) is 0 Å². The maximum atomic E-state index is 12.2. The molecule has 0 aliphatic carbocycles. The SMILES string of the molecule is Cc1nonc1CC(=O)N1CC[C@@H]2CNC[C@@H]21. The summed E-state index contributed by atoms with van der Waals surface area (Å²) in [5.41, 5.74) is 1.36. The van der Waals surface area contributed by atoms with Crippen molar-refractivity contribution in [2.24, 2.45) is 5.92 Å². The Hall–Kier alpha value is -1.43. The molecule has 0 radical (unpaired) electrons. The van der Waals surface area contributed by atoms with Gasteiger partial charge in [-0.2, -0.15) is 0 Å². The molecule has 1 N–H and O–H groups in total. The van der Waals surface area contributed by atoms with Gasteiger partial charge in [0.25, 0.3) is 0 Å². The Bertz CT molecular complexity index is 431. The van der Waals surface area contributed by atoms with Crippen LogP contribution in [0.2, 0.25) is 0 Å². The highest BCUT2D eigenvalue weighted by atomic mass is 16.6. The molecule has 0 saturated carbocycles. The molecular formula is C11H16N4O2. The largest absolute Gasteiger partial charge is 0.338 e. The number of carbonyl (C=O) groups is 1. The van der Waals surface area contributed by atoms with Crippen LogP contribution in [0, 0.1) is 12.8 Å². The highest BCUT2D eigenvalue weighted by molar-refractivity contribution is 5.79. The molecule has 2 saturated heterocycles. The second kappa shape index (κ2) is 4.10. The summed E-state index contributed by atoms with van der Waals surface area (Å²) in [6.07, 6.45) is 1.41. The quantitative estimate of drug-likeness (QED) is 0.766. The predicted octanol–water partition coefficient (Wildman–Crippen LogP) is -0.259. The van der Waals surface area contributed by atoms with Crippen LogP contribution in [0.3, 0.4) is 0 Å². The van der Waals surface area contributed by atoms with Crippen LogP contribution in [0.15, 0.2) is 4.63 Å². The van der Waals surface area contributed by atoms with Crippen molar-refractivity contribution >= 4 is 5.91 Å². The zero-order valence-corrected chi connectivity index (χ0v) is 9.85. The first-order valence-electron chi connectivity index (χ1n) is 6.04. The molecule has 0 unspecified atom stereocenters. The molecule has 3 heterocycles. The number of rotatable bonds is 2. The van der Waals surface area contributed by atoms with Crippen LogP contribution in [0.25, 0.3) is 0 Å². The van der Waals surface area contributed by atoms with E-state index in [1.165, 1.54) is 0 Å². The molecule has 1 aromatic heterocycles. The first-order valence-corrected chi connectivity index (χ1v) is 6.04. The van der Waals surface area contributed by atoms with Gasteiger partial charge in [-0.3, -0.25) is 4.79 Å². The Kier molecular flexibility index (Phi) is 2.58. The van der Waals surface area contributed by atoms with E-state index in [2.05, 4.69) is 20.3 Å². The molecule has 3 rings (SSSR count). The third-order valence-corrected chi connectivity index (χ3v) is 3.83. The van der Waals surface area contributed by atoms with Crippen molar-refractivity contribution < 1.29 is 9.42 Å². The first kappa shape index (κ1) is 10.7. The summed E-state index contributed by atoms with van der Waals surface area (Å²) in [7, 11) is 0. The van der Waals surface area contributed by atoms with E-state index < -0.39 is 0 Å². The van der Waals surface area contributed by atoms with Gasteiger partial charge in [-0.25, -0.2) is 4.63 Å². The minimum Gasteiger partial charge on any atom is -0.338 e. The lowest BCUT2D eigenvalue weighted by Gasteiger charge is -2.22. The molecule has 1 amide bonds. The number of nitrogens with zero attached hydrogens (tertiary/aromatic N) is 3. The fourth-order valence-electron chi connectivity index (χ4n) is 2.81. The van der Waals surface area contributed by atoms with Gasteiger partial charge in [-0.1, -0.05) is 10.3 Å². The molecule has 2 aliphatic rings. The number of amides is 1. The molecule has 0 aromatic carbocycles. The zero-order chi connectivity index (χ0) is 11.8. The van der Waals surface area contributed by atoms with Gasteiger partial charge in [0.2, 0.25) is 5.91 Å². The highest BCUT2D eigenvalue weighted by Gasteiger charge is 2.39. The fraction of sp³-hybridized carbons (Fsp3) is 0.727.